The molecule has 0 atom stereocenters. The van der Waals surface area contributed by atoms with Crippen LogP contribution < -0.4 is 10.2 Å². The van der Waals surface area contributed by atoms with Crippen molar-refractivity contribution in [3.05, 3.63) is 78.4 Å². The second-order valence-corrected chi connectivity index (χ2v) is 6.66. The third-order valence-corrected chi connectivity index (χ3v) is 4.66. The first-order chi connectivity index (χ1) is 13.8. The van der Waals surface area contributed by atoms with Gasteiger partial charge >= 0.3 is 0 Å². The number of unbranched alkanes of at least 4 members (excludes halogenated alkanes) is 1. The van der Waals surface area contributed by atoms with E-state index in [2.05, 4.69) is 40.6 Å². The van der Waals surface area contributed by atoms with Crippen LogP contribution in [-0.2, 0) is 0 Å². The number of fused-ring (bicyclic) bond motifs is 2. The van der Waals surface area contributed by atoms with Crippen LogP contribution in [0.2, 0.25) is 0 Å². The molecule has 0 amide bonds. The molecule has 3 aromatic carbocycles. The number of benzene rings is 3. The van der Waals surface area contributed by atoms with Gasteiger partial charge in [-0.2, -0.15) is 5.10 Å². The van der Waals surface area contributed by atoms with Crippen molar-refractivity contribution in [3.8, 4) is 5.75 Å². The molecule has 4 rings (SSSR count). The zero-order chi connectivity index (χ0) is 19.2. The summed E-state index contributed by atoms with van der Waals surface area (Å²) >= 11 is 0. The number of rotatable bonds is 7. The Morgan fingerprint density at radius 1 is 0.929 bits per heavy atom. The molecule has 0 saturated carbocycles. The third kappa shape index (κ3) is 3.96. The van der Waals surface area contributed by atoms with E-state index in [0.29, 0.717) is 12.4 Å². The van der Waals surface area contributed by atoms with E-state index in [0.717, 1.165) is 45.8 Å². The molecule has 140 valence electrons. The largest absolute Gasteiger partial charge is 0.493 e. The van der Waals surface area contributed by atoms with Gasteiger partial charge in [0.2, 0.25) is 0 Å². The van der Waals surface area contributed by atoms with Crippen LogP contribution in [0.3, 0.4) is 0 Å². The molecule has 0 radical (unpaired) electrons. The predicted octanol–water partition coefficient (Wildman–Crippen LogP) is 6.01. The number of ether oxygens (including phenoxy) is 1. The molecule has 4 heteroatoms. The zero-order valence-electron chi connectivity index (χ0n) is 15.9. The number of nitrogens with one attached hydrogen (secondary N) is 1. The topological polar surface area (TPSA) is 46.5 Å². The van der Waals surface area contributed by atoms with Crippen molar-refractivity contribution in [1.29, 1.82) is 0 Å². The molecule has 0 aliphatic heterocycles. The Balaban J connectivity index is 1.61. The molecule has 0 saturated heterocycles. The van der Waals surface area contributed by atoms with Gasteiger partial charge in [-0.3, -0.25) is 5.43 Å². The van der Waals surface area contributed by atoms with Gasteiger partial charge in [-0.25, -0.2) is 4.98 Å². The molecule has 4 aromatic rings. The van der Waals surface area contributed by atoms with Gasteiger partial charge in [-0.05, 0) is 41.5 Å². The fourth-order valence-corrected chi connectivity index (χ4v) is 3.15. The molecule has 1 heterocycles. The summed E-state index contributed by atoms with van der Waals surface area (Å²) in [4.78, 5) is 4.60. The average molecular weight is 369 g/mol. The number of para-hydroxylation sites is 1. The van der Waals surface area contributed by atoms with Crippen molar-refractivity contribution in [2.75, 3.05) is 12.0 Å². The van der Waals surface area contributed by atoms with Gasteiger partial charge in [0.1, 0.15) is 11.6 Å². The molecule has 0 unspecified atom stereocenters. The maximum Gasteiger partial charge on any atom is 0.146 e. The van der Waals surface area contributed by atoms with Gasteiger partial charge in [-0.15, -0.1) is 0 Å². The standard InChI is InChI=1S/C24H23N3O/c1-2-3-16-28-23-14-12-18-8-4-6-10-20(18)21(23)17-25-27-24-15-13-19-9-5-7-11-22(19)26-24/h4-15,17H,2-3,16H2,1H3,(H,26,27)/b25-17-. The third-order valence-electron chi connectivity index (χ3n) is 4.66. The molecule has 0 fully saturated rings. The Kier molecular flexibility index (Phi) is 5.48. The number of anilines is 1. The number of pyridine rings is 1. The summed E-state index contributed by atoms with van der Waals surface area (Å²) in [6, 6.07) is 24.4. The number of hydrazone groups is 1. The minimum absolute atomic E-state index is 0.704. The van der Waals surface area contributed by atoms with Crippen LogP contribution in [0.4, 0.5) is 5.82 Å². The summed E-state index contributed by atoms with van der Waals surface area (Å²) in [5.41, 5.74) is 4.96. The average Bonchev–Trinajstić information content (AvgIpc) is 2.75. The predicted molar refractivity (Wildman–Crippen MR) is 117 cm³/mol. The maximum absolute atomic E-state index is 6.01. The Hall–Kier alpha value is -3.40. The first-order valence-electron chi connectivity index (χ1n) is 9.64. The fourth-order valence-electron chi connectivity index (χ4n) is 3.15. The number of hydrogen-bond donors (Lipinski definition) is 1. The summed E-state index contributed by atoms with van der Waals surface area (Å²) in [5, 5.41) is 7.83. The van der Waals surface area contributed by atoms with E-state index in [9.17, 15) is 0 Å². The van der Waals surface area contributed by atoms with E-state index >= 15 is 0 Å². The second kappa shape index (κ2) is 8.53. The minimum Gasteiger partial charge on any atom is -0.493 e. The van der Waals surface area contributed by atoms with Crippen LogP contribution in [0, 0.1) is 0 Å². The lowest BCUT2D eigenvalue weighted by atomic mass is 10.0. The van der Waals surface area contributed by atoms with Crippen molar-refractivity contribution in [2.45, 2.75) is 19.8 Å². The van der Waals surface area contributed by atoms with Gasteiger partial charge in [0, 0.05) is 10.9 Å². The van der Waals surface area contributed by atoms with Crippen LogP contribution in [0.1, 0.15) is 25.3 Å². The molecule has 28 heavy (non-hydrogen) atoms. The Morgan fingerprint density at radius 2 is 1.71 bits per heavy atom. The number of nitrogens with zero attached hydrogens (tertiary/aromatic N) is 2. The van der Waals surface area contributed by atoms with Crippen LogP contribution in [0.5, 0.6) is 5.75 Å². The summed E-state index contributed by atoms with van der Waals surface area (Å²) in [6.45, 7) is 2.86. The Morgan fingerprint density at radius 3 is 2.61 bits per heavy atom. The van der Waals surface area contributed by atoms with Gasteiger partial charge in [0.15, 0.2) is 0 Å². The van der Waals surface area contributed by atoms with Crippen LogP contribution in [0.25, 0.3) is 21.7 Å². The summed E-state index contributed by atoms with van der Waals surface area (Å²) < 4.78 is 6.01. The molecule has 0 bridgehead atoms. The molecule has 0 aliphatic rings. The van der Waals surface area contributed by atoms with E-state index in [-0.39, 0.29) is 0 Å². The van der Waals surface area contributed by atoms with E-state index in [4.69, 9.17) is 4.74 Å². The first-order valence-corrected chi connectivity index (χ1v) is 9.64. The molecule has 0 aliphatic carbocycles. The van der Waals surface area contributed by atoms with Crippen molar-refractivity contribution < 1.29 is 4.74 Å². The molecular formula is C24H23N3O. The van der Waals surface area contributed by atoms with E-state index in [1.54, 1.807) is 0 Å². The van der Waals surface area contributed by atoms with E-state index in [1.807, 2.05) is 60.8 Å². The van der Waals surface area contributed by atoms with Gasteiger partial charge < -0.3 is 4.74 Å². The lowest BCUT2D eigenvalue weighted by Gasteiger charge is -2.11. The lowest BCUT2D eigenvalue weighted by molar-refractivity contribution is 0.309. The van der Waals surface area contributed by atoms with E-state index in [1.165, 1.54) is 0 Å². The van der Waals surface area contributed by atoms with Gasteiger partial charge in [0.05, 0.1) is 18.3 Å². The number of hydrogen-bond acceptors (Lipinski definition) is 4. The van der Waals surface area contributed by atoms with Crippen LogP contribution >= 0.6 is 0 Å². The highest BCUT2D eigenvalue weighted by Crippen LogP contribution is 2.27. The normalized spacial score (nSPS) is 11.3. The molecule has 4 nitrogen and oxygen atoms in total. The highest BCUT2D eigenvalue weighted by atomic mass is 16.5. The quantitative estimate of drug-likeness (QED) is 0.246. The smallest absolute Gasteiger partial charge is 0.146 e. The van der Waals surface area contributed by atoms with Crippen LogP contribution in [-0.4, -0.2) is 17.8 Å². The maximum atomic E-state index is 6.01. The molecule has 1 aromatic heterocycles. The highest BCUT2D eigenvalue weighted by Gasteiger charge is 2.07. The lowest BCUT2D eigenvalue weighted by Crippen LogP contribution is -2.01. The summed E-state index contributed by atoms with van der Waals surface area (Å²) in [6.07, 6.45) is 3.95. The van der Waals surface area contributed by atoms with Gasteiger partial charge in [-0.1, -0.05) is 61.9 Å². The molecule has 0 spiro atoms. The van der Waals surface area contributed by atoms with E-state index < -0.39 is 0 Å². The first kappa shape index (κ1) is 18.0. The zero-order valence-corrected chi connectivity index (χ0v) is 15.9. The summed E-state index contributed by atoms with van der Waals surface area (Å²) in [5.74, 6) is 1.56. The van der Waals surface area contributed by atoms with Crippen molar-refractivity contribution in [3.63, 3.8) is 0 Å². The summed E-state index contributed by atoms with van der Waals surface area (Å²) in [7, 11) is 0. The van der Waals surface area contributed by atoms with Crippen LogP contribution in [0.15, 0.2) is 77.9 Å². The fraction of sp³-hybridized carbons (Fsp3) is 0.167. The van der Waals surface area contributed by atoms with Crippen molar-refractivity contribution in [2.24, 2.45) is 5.10 Å². The van der Waals surface area contributed by atoms with Gasteiger partial charge in [0.25, 0.3) is 0 Å². The Bertz CT molecular complexity index is 1120. The van der Waals surface area contributed by atoms with Crippen molar-refractivity contribution >= 4 is 33.7 Å². The SMILES string of the molecule is CCCCOc1ccc2ccccc2c1/C=N\Nc1ccc2ccccc2n1. The molecular weight excluding hydrogens is 346 g/mol. The monoisotopic (exact) mass is 369 g/mol. The highest BCUT2D eigenvalue weighted by molar-refractivity contribution is 6.02. The number of aromatic nitrogens is 1. The second-order valence-electron chi connectivity index (χ2n) is 6.66. The molecule has 1 N–H and O–H groups in total. The van der Waals surface area contributed by atoms with Crippen molar-refractivity contribution in [1.82, 2.24) is 4.98 Å². The minimum atomic E-state index is 0.704. The Labute approximate surface area is 164 Å².